The molecule has 2 N–H and O–H groups in total. The summed E-state index contributed by atoms with van der Waals surface area (Å²) in [6.07, 6.45) is 2.21. The summed E-state index contributed by atoms with van der Waals surface area (Å²) in [6, 6.07) is 4.26. The Labute approximate surface area is 125 Å². The molecular formula is C13H19N3O4S. The molecule has 0 saturated carbocycles. The van der Waals surface area contributed by atoms with Crippen LogP contribution in [0.3, 0.4) is 0 Å². The molecule has 0 fully saturated rings. The van der Waals surface area contributed by atoms with Crippen molar-refractivity contribution in [3.63, 3.8) is 0 Å². The number of hydrogen-bond donors (Lipinski definition) is 2. The van der Waals surface area contributed by atoms with E-state index in [9.17, 15) is 19.1 Å². The van der Waals surface area contributed by atoms with Crippen molar-refractivity contribution in [2.45, 2.75) is 18.6 Å². The lowest BCUT2D eigenvalue weighted by molar-refractivity contribution is -0.384. The lowest BCUT2D eigenvalue weighted by Crippen LogP contribution is -2.27. The number of benzene rings is 1. The third-order valence-corrected chi connectivity index (χ3v) is 4.50. The summed E-state index contributed by atoms with van der Waals surface area (Å²) >= 11 is 0. The van der Waals surface area contributed by atoms with Crippen molar-refractivity contribution in [3.05, 3.63) is 33.9 Å². The van der Waals surface area contributed by atoms with Crippen molar-refractivity contribution in [1.82, 2.24) is 5.32 Å². The molecule has 0 bridgehead atoms. The van der Waals surface area contributed by atoms with Gasteiger partial charge in [-0.05, 0) is 18.6 Å². The molecule has 2 atom stereocenters. The fraction of sp³-hybridized carbons (Fsp3) is 0.462. The fourth-order valence-electron chi connectivity index (χ4n) is 1.69. The molecule has 1 aromatic carbocycles. The summed E-state index contributed by atoms with van der Waals surface area (Å²) in [5.41, 5.74) is 0.436. The number of nitrogens with one attached hydrogen (secondary N) is 2. The smallest absolute Gasteiger partial charge is 0.293 e. The van der Waals surface area contributed by atoms with Crippen molar-refractivity contribution in [2.24, 2.45) is 0 Å². The Bertz CT molecular complexity index is 562. The highest BCUT2D eigenvalue weighted by molar-refractivity contribution is 7.84. The molecule has 0 radical (unpaired) electrons. The second-order valence-corrected chi connectivity index (χ2v) is 6.39. The van der Waals surface area contributed by atoms with Crippen LogP contribution in [0.4, 0.5) is 11.4 Å². The summed E-state index contributed by atoms with van der Waals surface area (Å²) in [6.45, 7) is 2.22. The van der Waals surface area contributed by atoms with Gasteiger partial charge in [0.1, 0.15) is 5.69 Å². The van der Waals surface area contributed by atoms with E-state index >= 15 is 0 Å². The molecule has 8 heteroatoms. The molecule has 0 aliphatic heterocycles. The Hall–Kier alpha value is -1.96. The fourth-order valence-corrected chi connectivity index (χ4v) is 2.14. The van der Waals surface area contributed by atoms with E-state index in [4.69, 9.17) is 0 Å². The summed E-state index contributed by atoms with van der Waals surface area (Å²) in [5.74, 6) is -0.380. The SMILES string of the molecule is CNc1ccc(C(=O)NCCC(C)S(C)=O)cc1[N+](=O)[O-]. The molecule has 1 amide bonds. The maximum atomic E-state index is 11.9. The molecule has 116 valence electrons. The normalized spacial score (nSPS) is 13.3. The Morgan fingerprint density at radius 3 is 2.67 bits per heavy atom. The second kappa shape index (κ2) is 7.72. The molecule has 21 heavy (non-hydrogen) atoms. The molecule has 0 heterocycles. The van der Waals surface area contributed by atoms with Crippen molar-refractivity contribution < 1.29 is 13.9 Å². The van der Waals surface area contributed by atoms with E-state index in [0.717, 1.165) is 0 Å². The third kappa shape index (κ3) is 4.82. The molecule has 0 saturated heterocycles. The van der Waals surface area contributed by atoms with Crippen molar-refractivity contribution in [3.8, 4) is 0 Å². The number of nitro groups is 1. The first-order valence-electron chi connectivity index (χ1n) is 6.43. The molecule has 2 unspecified atom stereocenters. The molecule has 1 aromatic rings. The van der Waals surface area contributed by atoms with Gasteiger partial charge >= 0.3 is 0 Å². The van der Waals surface area contributed by atoms with Crippen LogP contribution in [0.1, 0.15) is 23.7 Å². The predicted octanol–water partition coefficient (Wildman–Crippen LogP) is 1.52. The van der Waals surface area contributed by atoms with Gasteiger partial charge in [0, 0.05) is 47.5 Å². The van der Waals surface area contributed by atoms with Crippen molar-refractivity contribution in [1.29, 1.82) is 0 Å². The number of nitro benzene ring substituents is 1. The Morgan fingerprint density at radius 1 is 1.48 bits per heavy atom. The van der Waals surface area contributed by atoms with Crippen LogP contribution in [0.15, 0.2) is 18.2 Å². The largest absolute Gasteiger partial charge is 0.383 e. The average Bonchev–Trinajstić information content (AvgIpc) is 2.45. The zero-order valence-corrected chi connectivity index (χ0v) is 13.0. The quantitative estimate of drug-likeness (QED) is 0.587. The monoisotopic (exact) mass is 313 g/mol. The minimum Gasteiger partial charge on any atom is -0.383 e. The van der Waals surface area contributed by atoms with E-state index in [1.807, 2.05) is 6.92 Å². The zero-order valence-electron chi connectivity index (χ0n) is 12.2. The number of hydrogen-bond acceptors (Lipinski definition) is 5. The molecule has 0 aliphatic carbocycles. The maximum Gasteiger partial charge on any atom is 0.293 e. The van der Waals surface area contributed by atoms with Gasteiger partial charge in [-0.2, -0.15) is 0 Å². The molecule has 0 aromatic heterocycles. The van der Waals surface area contributed by atoms with E-state index in [1.54, 1.807) is 13.3 Å². The standard InChI is InChI=1S/C13H19N3O4S/c1-9(21(3)20)6-7-15-13(17)10-4-5-11(14-2)12(8-10)16(18)19/h4-5,8-9,14H,6-7H2,1-3H3,(H,15,17). The number of carbonyl (C=O) groups is 1. The first-order chi connectivity index (χ1) is 9.86. The van der Waals surface area contributed by atoms with Gasteiger partial charge in [0.15, 0.2) is 0 Å². The van der Waals surface area contributed by atoms with E-state index < -0.39 is 15.7 Å². The highest BCUT2D eigenvalue weighted by Crippen LogP contribution is 2.24. The summed E-state index contributed by atoms with van der Waals surface area (Å²) in [5, 5.41) is 16.3. The predicted molar refractivity (Wildman–Crippen MR) is 83.1 cm³/mol. The summed E-state index contributed by atoms with van der Waals surface area (Å²) in [4.78, 5) is 22.3. The van der Waals surface area contributed by atoms with Crippen LogP contribution in [0.25, 0.3) is 0 Å². The van der Waals surface area contributed by atoms with Crippen LogP contribution in [0.5, 0.6) is 0 Å². The first kappa shape index (κ1) is 17.1. The van der Waals surface area contributed by atoms with Gasteiger partial charge in [0.25, 0.3) is 11.6 Å². The minimum absolute atomic E-state index is 0.00805. The van der Waals surface area contributed by atoms with Crippen LogP contribution < -0.4 is 10.6 Å². The molecule has 0 aliphatic rings. The van der Waals surface area contributed by atoms with Crippen molar-refractivity contribution >= 4 is 28.1 Å². The Morgan fingerprint density at radius 2 is 2.14 bits per heavy atom. The third-order valence-electron chi connectivity index (χ3n) is 3.13. The van der Waals surface area contributed by atoms with Crippen molar-refractivity contribution in [2.75, 3.05) is 25.2 Å². The van der Waals surface area contributed by atoms with Crippen LogP contribution in [-0.4, -0.2) is 40.1 Å². The van der Waals surface area contributed by atoms with Gasteiger partial charge in [0.05, 0.1) is 4.92 Å². The van der Waals surface area contributed by atoms with Crippen LogP contribution >= 0.6 is 0 Å². The Kier molecular flexibility index (Phi) is 6.29. The highest BCUT2D eigenvalue weighted by Gasteiger charge is 2.16. The molecule has 7 nitrogen and oxygen atoms in total. The van der Waals surface area contributed by atoms with E-state index in [1.165, 1.54) is 18.2 Å². The van der Waals surface area contributed by atoms with Gasteiger partial charge in [-0.25, -0.2) is 0 Å². The van der Waals surface area contributed by atoms with Gasteiger partial charge in [-0.3, -0.25) is 19.1 Å². The molecule has 0 spiro atoms. The molecule has 1 rings (SSSR count). The number of nitrogens with zero attached hydrogens (tertiary/aromatic N) is 1. The molecular weight excluding hydrogens is 294 g/mol. The number of rotatable bonds is 7. The zero-order chi connectivity index (χ0) is 16.0. The number of anilines is 1. The Balaban J connectivity index is 2.73. The van der Waals surface area contributed by atoms with Gasteiger partial charge in [-0.15, -0.1) is 0 Å². The van der Waals surface area contributed by atoms with Gasteiger partial charge in [0.2, 0.25) is 0 Å². The van der Waals surface area contributed by atoms with E-state index in [0.29, 0.717) is 18.7 Å². The maximum absolute atomic E-state index is 11.9. The highest BCUT2D eigenvalue weighted by atomic mass is 32.2. The number of carbonyl (C=O) groups excluding carboxylic acids is 1. The second-order valence-electron chi connectivity index (χ2n) is 4.59. The van der Waals surface area contributed by atoms with Crippen LogP contribution in [0.2, 0.25) is 0 Å². The lowest BCUT2D eigenvalue weighted by Gasteiger charge is -2.10. The topological polar surface area (TPSA) is 101 Å². The summed E-state index contributed by atoms with van der Waals surface area (Å²) < 4.78 is 11.2. The van der Waals surface area contributed by atoms with E-state index in [-0.39, 0.29) is 22.4 Å². The minimum atomic E-state index is -0.933. The van der Waals surface area contributed by atoms with Crippen LogP contribution in [-0.2, 0) is 10.8 Å². The first-order valence-corrected chi connectivity index (χ1v) is 8.05. The van der Waals surface area contributed by atoms with E-state index in [2.05, 4.69) is 10.6 Å². The van der Waals surface area contributed by atoms with Gasteiger partial charge < -0.3 is 10.6 Å². The summed E-state index contributed by atoms with van der Waals surface area (Å²) in [7, 11) is 0.645. The van der Waals surface area contributed by atoms with Crippen LogP contribution in [0, 0.1) is 10.1 Å². The average molecular weight is 313 g/mol. The van der Waals surface area contributed by atoms with Gasteiger partial charge in [-0.1, -0.05) is 6.92 Å². The number of amides is 1. The lowest BCUT2D eigenvalue weighted by atomic mass is 10.1.